The third kappa shape index (κ3) is 4.21. The highest BCUT2D eigenvalue weighted by atomic mass is 16.6. The molecule has 0 aromatic carbocycles. The van der Waals surface area contributed by atoms with Crippen LogP contribution in [0.1, 0.15) is 32.6 Å². The van der Waals surface area contributed by atoms with Crippen LogP contribution in [-0.4, -0.2) is 51.2 Å². The molecule has 3 unspecified atom stereocenters. The molecule has 0 saturated carbocycles. The van der Waals surface area contributed by atoms with Crippen molar-refractivity contribution in [2.24, 2.45) is 0 Å². The molecule has 2 fully saturated rings. The molecular weight excluding hydrogens is 218 g/mol. The Morgan fingerprint density at radius 2 is 2.18 bits per heavy atom. The first kappa shape index (κ1) is 13.3. The van der Waals surface area contributed by atoms with Gasteiger partial charge in [-0.05, 0) is 32.2 Å². The molecule has 2 heterocycles. The zero-order valence-electron chi connectivity index (χ0n) is 10.8. The maximum absolute atomic E-state index is 5.98. The maximum Gasteiger partial charge on any atom is 0.0963 e. The zero-order valence-corrected chi connectivity index (χ0v) is 10.8. The van der Waals surface area contributed by atoms with Crippen LogP contribution in [0, 0.1) is 0 Å². The quantitative estimate of drug-likeness (QED) is 0.791. The van der Waals surface area contributed by atoms with E-state index in [1.54, 1.807) is 0 Å². The minimum Gasteiger partial charge on any atom is -0.379 e. The summed E-state index contributed by atoms with van der Waals surface area (Å²) in [5.74, 6) is 0. The van der Waals surface area contributed by atoms with E-state index in [9.17, 15) is 0 Å². The van der Waals surface area contributed by atoms with Gasteiger partial charge in [-0.1, -0.05) is 6.92 Å². The van der Waals surface area contributed by atoms with Crippen LogP contribution in [0.3, 0.4) is 0 Å². The third-order valence-electron chi connectivity index (χ3n) is 3.54. The van der Waals surface area contributed by atoms with E-state index < -0.39 is 0 Å². The lowest BCUT2D eigenvalue weighted by Gasteiger charge is -2.33. The van der Waals surface area contributed by atoms with Gasteiger partial charge in [0, 0.05) is 19.3 Å². The Hall–Kier alpha value is -0.160. The van der Waals surface area contributed by atoms with Crippen molar-refractivity contribution in [2.75, 3.05) is 33.0 Å². The molecule has 0 aromatic heterocycles. The Labute approximate surface area is 104 Å². The van der Waals surface area contributed by atoms with Crippen LogP contribution in [-0.2, 0) is 14.2 Å². The Kier molecular flexibility index (Phi) is 5.71. The molecule has 17 heavy (non-hydrogen) atoms. The van der Waals surface area contributed by atoms with Crippen molar-refractivity contribution in [3.05, 3.63) is 0 Å². The van der Waals surface area contributed by atoms with Crippen molar-refractivity contribution in [1.82, 2.24) is 5.32 Å². The molecule has 4 nitrogen and oxygen atoms in total. The molecule has 2 rings (SSSR count). The van der Waals surface area contributed by atoms with Crippen molar-refractivity contribution < 1.29 is 14.2 Å². The van der Waals surface area contributed by atoms with E-state index in [0.717, 1.165) is 39.2 Å². The van der Waals surface area contributed by atoms with Gasteiger partial charge in [0.25, 0.3) is 0 Å². The summed E-state index contributed by atoms with van der Waals surface area (Å²) in [5, 5.41) is 3.48. The average molecular weight is 243 g/mol. The molecule has 1 N–H and O–H groups in total. The highest BCUT2D eigenvalue weighted by Gasteiger charge is 2.27. The zero-order chi connectivity index (χ0) is 11.9. The number of hydrogen-bond acceptors (Lipinski definition) is 4. The SMILES string of the molecule is CCNC1CCOCC1OCC1CCCCO1. The minimum atomic E-state index is 0.189. The molecule has 2 saturated heterocycles. The van der Waals surface area contributed by atoms with Crippen molar-refractivity contribution in [3.63, 3.8) is 0 Å². The number of nitrogens with one attached hydrogen (secondary N) is 1. The smallest absolute Gasteiger partial charge is 0.0963 e. The van der Waals surface area contributed by atoms with E-state index in [2.05, 4.69) is 12.2 Å². The summed E-state index contributed by atoms with van der Waals surface area (Å²) < 4.78 is 17.1. The van der Waals surface area contributed by atoms with E-state index >= 15 is 0 Å². The van der Waals surface area contributed by atoms with Gasteiger partial charge in [-0.2, -0.15) is 0 Å². The first-order valence-electron chi connectivity index (χ1n) is 6.94. The number of ether oxygens (including phenoxy) is 3. The largest absolute Gasteiger partial charge is 0.379 e. The van der Waals surface area contributed by atoms with Crippen molar-refractivity contribution >= 4 is 0 Å². The summed E-state index contributed by atoms with van der Waals surface area (Å²) in [6.07, 6.45) is 5.14. The van der Waals surface area contributed by atoms with Crippen molar-refractivity contribution in [2.45, 2.75) is 50.9 Å². The predicted molar refractivity (Wildman–Crippen MR) is 66.2 cm³/mol. The van der Waals surface area contributed by atoms with E-state index in [1.165, 1.54) is 12.8 Å². The van der Waals surface area contributed by atoms with Gasteiger partial charge in [0.1, 0.15) is 0 Å². The summed E-state index contributed by atoms with van der Waals surface area (Å²) in [6, 6.07) is 0.442. The Morgan fingerprint density at radius 3 is 2.94 bits per heavy atom. The first-order chi connectivity index (χ1) is 8.40. The standard InChI is InChI=1S/C13H25NO3/c1-2-14-12-6-8-15-10-13(12)17-9-11-5-3-4-7-16-11/h11-14H,2-10H2,1H3. The first-order valence-corrected chi connectivity index (χ1v) is 6.94. The van der Waals surface area contributed by atoms with Crippen LogP contribution in [0.2, 0.25) is 0 Å². The van der Waals surface area contributed by atoms with Gasteiger partial charge >= 0.3 is 0 Å². The molecule has 0 spiro atoms. The molecule has 0 aromatic rings. The molecule has 0 radical (unpaired) electrons. The molecule has 3 atom stereocenters. The molecule has 0 aliphatic carbocycles. The van der Waals surface area contributed by atoms with Crippen molar-refractivity contribution in [1.29, 1.82) is 0 Å². The molecule has 2 aliphatic heterocycles. The topological polar surface area (TPSA) is 39.7 Å². The number of rotatable bonds is 5. The Morgan fingerprint density at radius 1 is 1.24 bits per heavy atom. The second kappa shape index (κ2) is 7.31. The van der Waals surface area contributed by atoms with Crippen LogP contribution < -0.4 is 5.32 Å². The third-order valence-corrected chi connectivity index (χ3v) is 3.54. The summed E-state index contributed by atoms with van der Waals surface area (Å²) >= 11 is 0. The van der Waals surface area contributed by atoms with E-state index in [1.807, 2.05) is 0 Å². The maximum atomic E-state index is 5.98. The van der Waals surface area contributed by atoms with Crippen LogP contribution in [0.25, 0.3) is 0 Å². The molecule has 0 bridgehead atoms. The second-order valence-electron chi connectivity index (χ2n) is 4.89. The lowest BCUT2D eigenvalue weighted by atomic mass is 10.1. The average Bonchev–Trinajstić information content (AvgIpc) is 2.39. The molecule has 0 amide bonds. The van der Waals surface area contributed by atoms with Crippen LogP contribution in [0.5, 0.6) is 0 Å². The second-order valence-corrected chi connectivity index (χ2v) is 4.89. The molecule has 2 aliphatic rings. The highest BCUT2D eigenvalue weighted by Crippen LogP contribution is 2.16. The molecular formula is C13H25NO3. The Bertz CT molecular complexity index is 205. The van der Waals surface area contributed by atoms with Crippen LogP contribution >= 0.6 is 0 Å². The summed E-state index contributed by atoms with van der Waals surface area (Å²) in [4.78, 5) is 0. The van der Waals surface area contributed by atoms with Gasteiger partial charge in [0.05, 0.1) is 25.4 Å². The number of likely N-dealkylation sites (N-methyl/N-ethyl adjacent to an activating group) is 1. The summed E-state index contributed by atoms with van der Waals surface area (Å²) in [5.41, 5.74) is 0. The minimum absolute atomic E-state index is 0.189. The lowest BCUT2D eigenvalue weighted by molar-refractivity contribution is -0.108. The van der Waals surface area contributed by atoms with Gasteiger partial charge in [-0.25, -0.2) is 0 Å². The van der Waals surface area contributed by atoms with Crippen LogP contribution in [0.15, 0.2) is 0 Å². The highest BCUT2D eigenvalue weighted by molar-refractivity contribution is 4.80. The molecule has 100 valence electrons. The fourth-order valence-electron chi connectivity index (χ4n) is 2.54. The Balaban J connectivity index is 1.71. The van der Waals surface area contributed by atoms with E-state index in [4.69, 9.17) is 14.2 Å². The fraction of sp³-hybridized carbons (Fsp3) is 1.00. The monoisotopic (exact) mass is 243 g/mol. The fourth-order valence-corrected chi connectivity index (χ4v) is 2.54. The normalized spacial score (nSPS) is 34.8. The lowest BCUT2D eigenvalue weighted by Crippen LogP contribution is -2.48. The van der Waals surface area contributed by atoms with Gasteiger partial charge in [-0.3, -0.25) is 0 Å². The van der Waals surface area contributed by atoms with Gasteiger partial charge in [-0.15, -0.1) is 0 Å². The van der Waals surface area contributed by atoms with Crippen LogP contribution in [0.4, 0.5) is 0 Å². The predicted octanol–water partition coefficient (Wildman–Crippen LogP) is 1.34. The van der Waals surface area contributed by atoms with Crippen molar-refractivity contribution in [3.8, 4) is 0 Å². The van der Waals surface area contributed by atoms with Gasteiger partial charge < -0.3 is 19.5 Å². The van der Waals surface area contributed by atoms with E-state index in [0.29, 0.717) is 18.8 Å². The molecule has 4 heteroatoms. The van der Waals surface area contributed by atoms with E-state index in [-0.39, 0.29) is 6.10 Å². The number of hydrogen-bond donors (Lipinski definition) is 1. The van der Waals surface area contributed by atoms with Gasteiger partial charge in [0.2, 0.25) is 0 Å². The summed E-state index contributed by atoms with van der Waals surface area (Å²) in [6.45, 7) is 6.30. The summed E-state index contributed by atoms with van der Waals surface area (Å²) in [7, 11) is 0. The van der Waals surface area contributed by atoms with Gasteiger partial charge in [0.15, 0.2) is 0 Å².